The lowest BCUT2D eigenvalue weighted by atomic mass is 9.79. The van der Waals surface area contributed by atoms with E-state index in [-0.39, 0.29) is 6.61 Å². The maximum atomic E-state index is 12.3. The number of esters is 3. The molecular formula is C33H36O10. The number of ether oxygens (including phenoxy) is 7. The third-order valence-electron chi connectivity index (χ3n) is 7.04. The topological polar surface area (TPSA) is 116 Å². The molecule has 10 heteroatoms. The van der Waals surface area contributed by atoms with E-state index in [2.05, 4.69) is 0 Å². The molecule has 0 N–H and O–H groups in total. The molecule has 10 nitrogen and oxygen atoms in total. The summed E-state index contributed by atoms with van der Waals surface area (Å²) >= 11 is 0. The van der Waals surface area contributed by atoms with E-state index in [4.69, 9.17) is 33.2 Å². The molecule has 4 rings (SSSR count). The van der Waals surface area contributed by atoms with Crippen molar-refractivity contribution < 1.29 is 47.5 Å². The first-order chi connectivity index (χ1) is 20.7. The Balaban J connectivity index is 1.86. The normalized spacial score (nSPS) is 21.8. The number of carbonyl (C=O) groups excluding carboxylic acids is 3. The van der Waals surface area contributed by atoms with E-state index in [1.807, 2.05) is 84.9 Å². The zero-order valence-electron chi connectivity index (χ0n) is 24.8. The smallest absolute Gasteiger partial charge is 0.303 e. The van der Waals surface area contributed by atoms with Crippen LogP contribution in [-0.4, -0.2) is 69.4 Å². The van der Waals surface area contributed by atoms with Gasteiger partial charge in [-0.15, -0.1) is 0 Å². The Morgan fingerprint density at radius 3 is 1.67 bits per heavy atom. The molecule has 228 valence electrons. The molecule has 0 bridgehead atoms. The van der Waals surface area contributed by atoms with Crippen LogP contribution in [0.2, 0.25) is 0 Å². The lowest BCUT2D eigenvalue weighted by molar-refractivity contribution is -0.306. The maximum absolute atomic E-state index is 12.3. The average molecular weight is 593 g/mol. The van der Waals surface area contributed by atoms with E-state index >= 15 is 0 Å². The Morgan fingerprint density at radius 1 is 0.674 bits per heavy atom. The van der Waals surface area contributed by atoms with E-state index in [1.165, 1.54) is 27.9 Å². The SMILES string of the molecule is COc1ccccc1C(OC[C@H]1O[C@H](OC)[C@@H](OC(C)=O)[C@@H](OC(C)=O)[C@@H]1OC(C)=O)(c1ccccc1)c1ccccc1. The van der Waals surface area contributed by atoms with Crippen LogP contribution in [0.5, 0.6) is 5.75 Å². The Hall–Kier alpha value is -4.25. The van der Waals surface area contributed by atoms with Crippen molar-refractivity contribution in [3.05, 3.63) is 102 Å². The zero-order valence-corrected chi connectivity index (χ0v) is 24.8. The number of rotatable bonds is 11. The van der Waals surface area contributed by atoms with E-state index in [1.54, 1.807) is 7.11 Å². The van der Waals surface area contributed by atoms with Gasteiger partial charge in [0.25, 0.3) is 0 Å². The summed E-state index contributed by atoms with van der Waals surface area (Å²) in [6.45, 7) is 3.45. The van der Waals surface area contributed by atoms with Crippen LogP contribution in [0.3, 0.4) is 0 Å². The van der Waals surface area contributed by atoms with Gasteiger partial charge in [-0.3, -0.25) is 14.4 Å². The van der Waals surface area contributed by atoms with Crippen molar-refractivity contribution in [2.24, 2.45) is 0 Å². The van der Waals surface area contributed by atoms with E-state index < -0.39 is 54.2 Å². The summed E-state index contributed by atoms with van der Waals surface area (Å²) in [5, 5.41) is 0. The molecule has 0 aromatic heterocycles. The van der Waals surface area contributed by atoms with Crippen LogP contribution in [-0.2, 0) is 48.4 Å². The summed E-state index contributed by atoms with van der Waals surface area (Å²) in [5.41, 5.74) is 1.07. The molecule has 0 unspecified atom stereocenters. The van der Waals surface area contributed by atoms with Crippen LogP contribution >= 0.6 is 0 Å². The molecule has 0 radical (unpaired) electrons. The van der Waals surface area contributed by atoms with Crippen LogP contribution in [0.4, 0.5) is 0 Å². The summed E-state index contributed by atoms with van der Waals surface area (Å²) in [5.74, 6) is -1.41. The van der Waals surface area contributed by atoms with Crippen molar-refractivity contribution in [3.8, 4) is 5.75 Å². The summed E-state index contributed by atoms with van der Waals surface area (Å²) in [6, 6.07) is 26.8. The molecule has 0 spiro atoms. The first-order valence-electron chi connectivity index (χ1n) is 13.8. The Bertz CT molecular complexity index is 1340. The lowest BCUT2D eigenvalue weighted by Gasteiger charge is -2.45. The van der Waals surface area contributed by atoms with E-state index in [0.717, 1.165) is 11.1 Å². The van der Waals surface area contributed by atoms with Gasteiger partial charge < -0.3 is 33.2 Å². The maximum Gasteiger partial charge on any atom is 0.303 e. The molecule has 1 aliphatic rings. The van der Waals surface area contributed by atoms with Gasteiger partial charge in [-0.25, -0.2) is 0 Å². The van der Waals surface area contributed by atoms with Crippen LogP contribution in [0, 0.1) is 0 Å². The highest BCUT2D eigenvalue weighted by Gasteiger charge is 2.53. The molecule has 1 heterocycles. The minimum Gasteiger partial charge on any atom is -0.496 e. The highest BCUT2D eigenvalue weighted by molar-refractivity contribution is 5.68. The minimum absolute atomic E-state index is 0.176. The van der Waals surface area contributed by atoms with Crippen LogP contribution in [0.15, 0.2) is 84.9 Å². The monoisotopic (exact) mass is 592 g/mol. The molecule has 3 aromatic carbocycles. The van der Waals surface area contributed by atoms with Gasteiger partial charge in [0.05, 0.1) is 13.7 Å². The largest absolute Gasteiger partial charge is 0.496 e. The van der Waals surface area contributed by atoms with Gasteiger partial charge in [-0.2, -0.15) is 0 Å². The molecule has 0 aliphatic carbocycles. The number of hydrogen-bond acceptors (Lipinski definition) is 10. The highest BCUT2D eigenvalue weighted by Crippen LogP contribution is 2.45. The fraction of sp³-hybridized carbons (Fsp3) is 0.364. The Labute approximate surface area is 250 Å². The molecule has 1 fully saturated rings. The first-order valence-corrected chi connectivity index (χ1v) is 13.8. The number of carbonyl (C=O) groups is 3. The second-order valence-electron chi connectivity index (χ2n) is 9.93. The molecule has 0 amide bonds. The lowest BCUT2D eigenvalue weighted by Crippen LogP contribution is -2.63. The average Bonchev–Trinajstić information content (AvgIpc) is 3.00. The third kappa shape index (κ3) is 7.05. The first kappa shape index (κ1) is 31.7. The van der Waals surface area contributed by atoms with Crippen molar-refractivity contribution >= 4 is 17.9 Å². The van der Waals surface area contributed by atoms with E-state index in [0.29, 0.717) is 11.3 Å². The predicted molar refractivity (Wildman–Crippen MR) is 154 cm³/mol. The molecule has 3 aromatic rings. The second kappa shape index (κ2) is 14.3. The minimum atomic E-state index is -1.24. The van der Waals surface area contributed by atoms with E-state index in [9.17, 15) is 14.4 Å². The summed E-state index contributed by atoms with van der Waals surface area (Å²) in [7, 11) is 2.95. The van der Waals surface area contributed by atoms with Gasteiger partial charge in [-0.1, -0.05) is 78.9 Å². The number of benzene rings is 3. The number of hydrogen-bond donors (Lipinski definition) is 0. The Kier molecular flexibility index (Phi) is 10.5. The van der Waals surface area contributed by atoms with Gasteiger partial charge in [0.1, 0.15) is 17.5 Å². The number of methoxy groups -OCH3 is 2. The van der Waals surface area contributed by atoms with Gasteiger partial charge in [0, 0.05) is 33.4 Å². The standard InChI is InChI=1S/C33H36O10/c1-21(34)40-29-28(43-32(38-5)31(42-23(3)36)30(29)41-22(2)35)20-39-33(24-14-8-6-9-15-24,25-16-10-7-11-17-25)26-18-12-13-19-27(26)37-4/h6-19,28-32H,20H2,1-5H3/t28-,29-,30+,31+,32+/m1/s1. The van der Waals surface area contributed by atoms with Gasteiger partial charge in [0.2, 0.25) is 0 Å². The van der Waals surface area contributed by atoms with Crippen LogP contribution in [0.25, 0.3) is 0 Å². The summed E-state index contributed by atoms with van der Waals surface area (Å²) in [6.07, 6.45) is -5.85. The van der Waals surface area contributed by atoms with Crippen molar-refractivity contribution in [1.29, 1.82) is 0 Å². The second-order valence-corrected chi connectivity index (χ2v) is 9.93. The third-order valence-corrected chi connectivity index (χ3v) is 7.04. The predicted octanol–water partition coefficient (Wildman–Crippen LogP) is 4.17. The molecule has 43 heavy (non-hydrogen) atoms. The number of para-hydroxylation sites is 1. The van der Waals surface area contributed by atoms with Crippen LogP contribution < -0.4 is 4.74 Å². The molecular weight excluding hydrogens is 556 g/mol. The highest BCUT2D eigenvalue weighted by atomic mass is 16.7. The van der Waals surface area contributed by atoms with Gasteiger partial charge >= 0.3 is 17.9 Å². The summed E-state index contributed by atoms with van der Waals surface area (Å²) in [4.78, 5) is 36.5. The van der Waals surface area contributed by atoms with Crippen molar-refractivity contribution in [2.75, 3.05) is 20.8 Å². The Morgan fingerprint density at radius 2 is 1.16 bits per heavy atom. The van der Waals surface area contributed by atoms with Crippen molar-refractivity contribution in [1.82, 2.24) is 0 Å². The molecule has 1 aliphatic heterocycles. The fourth-order valence-electron chi connectivity index (χ4n) is 5.39. The van der Waals surface area contributed by atoms with Crippen molar-refractivity contribution in [2.45, 2.75) is 57.1 Å². The molecule has 0 saturated carbocycles. The quantitative estimate of drug-likeness (QED) is 0.183. The molecule has 5 atom stereocenters. The van der Waals surface area contributed by atoms with Gasteiger partial charge in [-0.05, 0) is 17.2 Å². The zero-order chi connectivity index (χ0) is 31.0. The van der Waals surface area contributed by atoms with Crippen molar-refractivity contribution in [3.63, 3.8) is 0 Å². The molecule has 1 saturated heterocycles. The van der Waals surface area contributed by atoms with Gasteiger partial charge in [0.15, 0.2) is 24.6 Å². The fourth-order valence-corrected chi connectivity index (χ4v) is 5.39. The van der Waals surface area contributed by atoms with Crippen LogP contribution in [0.1, 0.15) is 37.5 Å². The summed E-state index contributed by atoms with van der Waals surface area (Å²) < 4.78 is 41.1.